The van der Waals surface area contributed by atoms with Crippen LogP contribution >= 0.6 is 0 Å². The van der Waals surface area contributed by atoms with Crippen molar-refractivity contribution in [3.63, 3.8) is 0 Å². The molecule has 24 heavy (non-hydrogen) atoms. The van der Waals surface area contributed by atoms with Crippen molar-refractivity contribution >= 4 is 17.9 Å². The molecule has 1 heterocycles. The standard InChI is InChI=1S/C17H29N3O4/c1-12(20-10-8-13(9-11-20)16(22)24-2)15(21)19-17(23)18-14-6-4-3-5-7-14/h12-14H,3-11H2,1-2H3,(H2,18,19,21,23)/p+1/t12-/m0/s1. The summed E-state index contributed by atoms with van der Waals surface area (Å²) in [6.45, 7) is 3.30. The van der Waals surface area contributed by atoms with Gasteiger partial charge >= 0.3 is 12.0 Å². The molecule has 2 aliphatic rings. The molecule has 7 heteroatoms. The molecule has 0 aromatic rings. The molecule has 1 saturated heterocycles. The van der Waals surface area contributed by atoms with Crippen molar-refractivity contribution in [1.82, 2.24) is 10.6 Å². The van der Waals surface area contributed by atoms with Crippen molar-refractivity contribution in [1.29, 1.82) is 0 Å². The number of hydrogen-bond acceptors (Lipinski definition) is 4. The van der Waals surface area contributed by atoms with E-state index >= 15 is 0 Å². The number of hydrogen-bond donors (Lipinski definition) is 3. The van der Waals surface area contributed by atoms with Crippen LogP contribution in [0.25, 0.3) is 0 Å². The highest BCUT2D eigenvalue weighted by molar-refractivity contribution is 5.96. The number of carbonyl (C=O) groups excluding carboxylic acids is 3. The van der Waals surface area contributed by atoms with Gasteiger partial charge in [0.05, 0.1) is 26.1 Å². The summed E-state index contributed by atoms with van der Waals surface area (Å²) >= 11 is 0. The average molecular weight is 340 g/mol. The van der Waals surface area contributed by atoms with Crippen LogP contribution in [0.5, 0.6) is 0 Å². The lowest BCUT2D eigenvalue weighted by Gasteiger charge is -2.31. The third kappa shape index (κ3) is 5.19. The number of rotatable bonds is 4. The summed E-state index contributed by atoms with van der Waals surface area (Å²) in [5.41, 5.74) is 0. The molecular formula is C17H30N3O4+. The topological polar surface area (TPSA) is 88.9 Å². The van der Waals surface area contributed by atoms with Gasteiger partial charge in [-0.25, -0.2) is 4.79 Å². The number of carbonyl (C=O) groups is 3. The first-order chi connectivity index (χ1) is 11.5. The number of methoxy groups -OCH3 is 1. The second-order valence-corrected chi connectivity index (χ2v) is 6.98. The van der Waals surface area contributed by atoms with Crippen molar-refractivity contribution < 1.29 is 24.0 Å². The largest absolute Gasteiger partial charge is 0.469 e. The number of piperidine rings is 1. The maximum Gasteiger partial charge on any atom is 0.321 e. The predicted molar refractivity (Wildman–Crippen MR) is 88.4 cm³/mol. The summed E-state index contributed by atoms with van der Waals surface area (Å²) in [6, 6.07) is -0.506. The minimum atomic E-state index is -0.386. The van der Waals surface area contributed by atoms with Gasteiger partial charge in [-0.15, -0.1) is 0 Å². The third-order valence-electron chi connectivity index (χ3n) is 5.35. The number of esters is 1. The van der Waals surface area contributed by atoms with Crippen molar-refractivity contribution in [3.05, 3.63) is 0 Å². The Hall–Kier alpha value is -1.63. The number of urea groups is 1. The van der Waals surface area contributed by atoms with Gasteiger partial charge in [-0.3, -0.25) is 14.9 Å². The second kappa shape index (κ2) is 9.01. The Morgan fingerprint density at radius 1 is 1.04 bits per heavy atom. The Balaban J connectivity index is 1.73. The molecule has 1 saturated carbocycles. The fourth-order valence-corrected chi connectivity index (χ4v) is 3.70. The highest BCUT2D eigenvalue weighted by Crippen LogP contribution is 2.17. The van der Waals surface area contributed by atoms with Crippen molar-refractivity contribution in [2.24, 2.45) is 5.92 Å². The van der Waals surface area contributed by atoms with E-state index in [4.69, 9.17) is 4.74 Å². The van der Waals surface area contributed by atoms with E-state index in [-0.39, 0.29) is 35.9 Å². The van der Waals surface area contributed by atoms with Gasteiger partial charge in [-0.2, -0.15) is 0 Å². The molecule has 0 spiro atoms. The summed E-state index contributed by atoms with van der Waals surface area (Å²) in [6.07, 6.45) is 6.90. The van der Waals surface area contributed by atoms with Gasteiger partial charge in [-0.1, -0.05) is 19.3 Å². The quantitative estimate of drug-likeness (QED) is 0.629. The van der Waals surface area contributed by atoms with Crippen LogP contribution in [0, 0.1) is 5.92 Å². The highest BCUT2D eigenvalue weighted by atomic mass is 16.5. The molecule has 0 unspecified atom stereocenters. The van der Waals surface area contributed by atoms with Crippen molar-refractivity contribution in [3.8, 4) is 0 Å². The molecule has 0 aromatic carbocycles. The van der Waals surface area contributed by atoms with Gasteiger partial charge < -0.3 is 15.0 Å². The van der Waals surface area contributed by atoms with Crippen LogP contribution in [0.4, 0.5) is 4.79 Å². The van der Waals surface area contributed by atoms with E-state index < -0.39 is 0 Å². The Labute approximate surface area is 143 Å². The van der Waals surface area contributed by atoms with E-state index in [1.807, 2.05) is 6.92 Å². The molecule has 3 N–H and O–H groups in total. The van der Waals surface area contributed by atoms with Crippen LogP contribution in [0.1, 0.15) is 51.9 Å². The first-order valence-electron chi connectivity index (χ1n) is 9.05. The Morgan fingerprint density at radius 2 is 1.67 bits per heavy atom. The summed E-state index contributed by atoms with van der Waals surface area (Å²) in [7, 11) is 1.41. The van der Waals surface area contributed by atoms with Crippen LogP contribution in [-0.4, -0.2) is 50.2 Å². The first-order valence-corrected chi connectivity index (χ1v) is 9.05. The smallest absolute Gasteiger partial charge is 0.321 e. The van der Waals surface area contributed by atoms with Crippen LogP contribution in [0.15, 0.2) is 0 Å². The molecule has 136 valence electrons. The first kappa shape index (κ1) is 18.7. The van der Waals surface area contributed by atoms with Crippen LogP contribution in [0.2, 0.25) is 0 Å². The fourth-order valence-electron chi connectivity index (χ4n) is 3.70. The van der Waals surface area contributed by atoms with Gasteiger partial charge in [0, 0.05) is 18.9 Å². The normalized spacial score (nSPS) is 26.2. The molecule has 3 amide bonds. The summed E-state index contributed by atoms with van der Waals surface area (Å²) in [5, 5.41) is 5.36. The number of amides is 3. The molecule has 2 fully saturated rings. The van der Waals surface area contributed by atoms with E-state index in [9.17, 15) is 14.4 Å². The summed E-state index contributed by atoms with van der Waals surface area (Å²) in [4.78, 5) is 36.9. The number of imide groups is 1. The number of quaternary nitrogens is 1. The predicted octanol–water partition coefficient (Wildman–Crippen LogP) is 0.00130. The SMILES string of the molecule is COC(=O)C1CC[NH+]([C@@H](C)C(=O)NC(=O)NC2CCCCC2)CC1. The average Bonchev–Trinajstić information content (AvgIpc) is 2.61. The second-order valence-electron chi connectivity index (χ2n) is 6.98. The molecule has 2 rings (SSSR count). The monoisotopic (exact) mass is 340 g/mol. The Morgan fingerprint density at radius 3 is 2.25 bits per heavy atom. The molecule has 1 atom stereocenters. The van der Waals surface area contributed by atoms with E-state index in [0.29, 0.717) is 12.8 Å². The number of ether oxygens (including phenoxy) is 1. The molecular weight excluding hydrogens is 310 g/mol. The fraction of sp³-hybridized carbons (Fsp3) is 0.824. The van der Waals surface area contributed by atoms with Gasteiger partial charge in [0.2, 0.25) is 0 Å². The zero-order valence-electron chi connectivity index (χ0n) is 14.7. The lowest BCUT2D eigenvalue weighted by atomic mass is 9.95. The molecule has 0 bridgehead atoms. The zero-order chi connectivity index (χ0) is 17.5. The van der Waals surface area contributed by atoms with E-state index in [1.165, 1.54) is 13.5 Å². The van der Waals surface area contributed by atoms with E-state index in [2.05, 4.69) is 10.6 Å². The Bertz CT molecular complexity index is 455. The lowest BCUT2D eigenvalue weighted by molar-refractivity contribution is -0.919. The van der Waals surface area contributed by atoms with Crippen LogP contribution < -0.4 is 15.5 Å². The molecule has 7 nitrogen and oxygen atoms in total. The summed E-state index contributed by atoms with van der Waals surface area (Å²) in [5.74, 6) is -0.489. The van der Waals surface area contributed by atoms with E-state index in [1.54, 1.807) is 0 Å². The van der Waals surface area contributed by atoms with Gasteiger partial charge in [-0.05, 0) is 19.8 Å². The van der Waals surface area contributed by atoms with Gasteiger partial charge in [0.15, 0.2) is 6.04 Å². The maximum absolute atomic E-state index is 12.3. The third-order valence-corrected chi connectivity index (χ3v) is 5.35. The minimum Gasteiger partial charge on any atom is -0.469 e. The maximum atomic E-state index is 12.3. The lowest BCUT2D eigenvalue weighted by Crippen LogP contribution is -3.17. The molecule has 1 aliphatic carbocycles. The zero-order valence-corrected chi connectivity index (χ0v) is 14.7. The van der Waals surface area contributed by atoms with Crippen LogP contribution in [-0.2, 0) is 14.3 Å². The van der Waals surface area contributed by atoms with Crippen molar-refractivity contribution in [2.45, 2.75) is 64.0 Å². The highest BCUT2D eigenvalue weighted by Gasteiger charge is 2.33. The number of nitrogens with one attached hydrogen (secondary N) is 3. The van der Waals surface area contributed by atoms with Gasteiger partial charge in [0.25, 0.3) is 5.91 Å². The molecule has 1 aliphatic heterocycles. The molecule has 0 radical (unpaired) electrons. The van der Waals surface area contributed by atoms with Gasteiger partial charge in [0.1, 0.15) is 0 Å². The Kier molecular flexibility index (Phi) is 7.02. The van der Waals surface area contributed by atoms with Crippen LogP contribution in [0.3, 0.4) is 0 Å². The molecule has 0 aromatic heterocycles. The minimum absolute atomic E-state index is 0.0661. The van der Waals surface area contributed by atoms with E-state index in [0.717, 1.165) is 43.7 Å². The number of likely N-dealkylation sites (tertiary alicyclic amines) is 1. The summed E-state index contributed by atoms with van der Waals surface area (Å²) < 4.78 is 4.78. The van der Waals surface area contributed by atoms with Crippen molar-refractivity contribution in [2.75, 3.05) is 20.2 Å².